The van der Waals surface area contributed by atoms with Crippen molar-refractivity contribution >= 4 is 17.3 Å². The number of carbonyl (C=O) groups is 1. The molecule has 0 amide bonds. The van der Waals surface area contributed by atoms with Crippen LogP contribution in [0.4, 0.5) is 11.4 Å². The van der Waals surface area contributed by atoms with Crippen molar-refractivity contribution in [3.05, 3.63) is 27.8 Å². The minimum absolute atomic E-state index is 0.0783. The van der Waals surface area contributed by atoms with Crippen LogP contribution >= 0.6 is 0 Å². The number of carbonyl (C=O) groups excluding carboxylic acids is 1. The first kappa shape index (κ1) is 11.8. The molecule has 0 aliphatic heterocycles. The third-order valence-electron chi connectivity index (χ3n) is 1.91. The molecular weight excluding hydrogens is 216 g/mol. The van der Waals surface area contributed by atoms with Crippen LogP contribution in [0.3, 0.4) is 0 Å². The van der Waals surface area contributed by atoms with Crippen molar-refractivity contribution in [2.75, 3.05) is 20.0 Å². The number of esters is 1. The molecule has 1 aromatic rings. The maximum Gasteiger partial charge on any atom is 0.345 e. The number of nitro benzene ring substituents is 1. The third-order valence-corrected chi connectivity index (χ3v) is 1.91. The normalized spacial score (nSPS) is 9.62. The monoisotopic (exact) mass is 226 g/mol. The first-order valence-electron chi connectivity index (χ1n) is 4.21. The van der Waals surface area contributed by atoms with Crippen LogP contribution in [0.2, 0.25) is 0 Å². The summed E-state index contributed by atoms with van der Waals surface area (Å²) in [7, 11) is 2.38. The summed E-state index contributed by atoms with van der Waals surface area (Å²) in [5, 5.41) is 10.8. The summed E-state index contributed by atoms with van der Waals surface area (Å²) in [5.41, 5.74) is 4.98. The Morgan fingerprint density at radius 3 is 2.50 bits per heavy atom. The van der Waals surface area contributed by atoms with Crippen molar-refractivity contribution in [2.24, 2.45) is 0 Å². The van der Waals surface area contributed by atoms with Gasteiger partial charge in [-0.2, -0.15) is 0 Å². The van der Waals surface area contributed by atoms with Gasteiger partial charge in [0.25, 0.3) is 0 Å². The molecule has 2 N–H and O–H groups in total. The van der Waals surface area contributed by atoms with E-state index in [0.29, 0.717) is 0 Å². The molecule has 0 saturated heterocycles. The minimum atomic E-state index is -0.836. The van der Waals surface area contributed by atoms with Crippen LogP contribution in [0.1, 0.15) is 10.4 Å². The Morgan fingerprint density at radius 2 is 2.06 bits per heavy atom. The zero-order chi connectivity index (χ0) is 12.3. The van der Waals surface area contributed by atoms with Gasteiger partial charge >= 0.3 is 11.7 Å². The number of nitrogens with zero attached hydrogens (tertiary/aromatic N) is 1. The van der Waals surface area contributed by atoms with Gasteiger partial charge in [0.15, 0.2) is 5.75 Å². The lowest BCUT2D eigenvalue weighted by molar-refractivity contribution is -0.386. The molecule has 0 unspecified atom stereocenters. The number of nitrogens with two attached hydrogens (primary N) is 1. The van der Waals surface area contributed by atoms with Gasteiger partial charge in [-0.25, -0.2) is 4.79 Å². The number of benzene rings is 1. The van der Waals surface area contributed by atoms with Gasteiger partial charge in [0.05, 0.1) is 19.1 Å². The number of nitrogen functional groups attached to an aromatic ring is 1. The topological polar surface area (TPSA) is 105 Å². The molecule has 1 rings (SSSR count). The molecule has 16 heavy (non-hydrogen) atoms. The molecule has 0 spiro atoms. The third kappa shape index (κ3) is 2.02. The average molecular weight is 226 g/mol. The maximum atomic E-state index is 11.3. The van der Waals surface area contributed by atoms with Gasteiger partial charge in [-0.3, -0.25) is 10.1 Å². The number of anilines is 1. The van der Waals surface area contributed by atoms with Gasteiger partial charge in [-0.15, -0.1) is 0 Å². The molecule has 0 atom stereocenters. The lowest BCUT2D eigenvalue weighted by atomic mass is 10.1. The van der Waals surface area contributed by atoms with Crippen LogP contribution in [0.5, 0.6) is 5.75 Å². The summed E-state index contributed by atoms with van der Waals surface area (Å²) >= 11 is 0. The molecule has 0 radical (unpaired) electrons. The smallest absolute Gasteiger partial charge is 0.345 e. The molecular formula is C9H10N2O5. The van der Waals surface area contributed by atoms with Crippen LogP contribution in [0.25, 0.3) is 0 Å². The highest BCUT2D eigenvalue weighted by molar-refractivity contribution is 5.96. The molecule has 0 fully saturated rings. The number of methoxy groups -OCH3 is 2. The van der Waals surface area contributed by atoms with Crippen molar-refractivity contribution < 1.29 is 19.2 Å². The Morgan fingerprint density at radius 1 is 1.44 bits per heavy atom. The summed E-state index contributed by atoms with van der Waals surface area (Å²) < 4.78 is 9.22. The fourth-order valence-electron chi connectivity index (χ4n) is 1.24. The summed E-state index contributed by atoms with van der Waals surface area (Å²) in [5.74, 6) is -0.914. The molecule has 86 valence electrons. The predicted molar refractivity (Wildman–Crippen MR) is 55.4 cm³/mol. The summed E-state index contributed by atoms with van der Waals surface area (Å²) in [6.07, 6.45) is 0. The van der Waals surface area contributed by atoms with Gasteiger partial charge in [-0.1, -0.05) is 0 Å². The Hall–Kier alpha value is -2.31. The molecule has 0 aromatic heterocycles. The van der Waals surface area contributed by atoms with Crippen LogP contribution in [0.15, 0.2) is 12.1 Å². The van der Waals surface area contributed by atoms with E-state index < -0.39 is 16.6 Å². The SMILES string of the molecule is COC(=O)c1cc(N)cc(OC)c1[N+](=O)[O-]. The highest BCUT2D eigenvalue weighted by atomic mass is 16.6. The van der Waals surface area contributed by atoms with E-state index in [4.69, 9.17) is 10.5 Å². The fourth-order valence-corrected chi connectivity index (χ4v) is 1.24. The second-order valence-electron chi connectivity index (χ2n) is 2.87. The van der Waals surface area contributed by atoms with E-state index in [0.717, 1.165) is 7.11 Å². The van der Waals surface area contributed by atoms with Gasteiger partial charge in [0.1, 0.15) is 5.56 Å². The molecule has 0 aliphatic carbocycles. The van der Waals surface area contributed by atoms with E-state index >= 15 is 0 Å². The number of rotatable bonds is 3. The molecule has 0 heterocycles. The zero-order valence-corrected chi connectivity index (χ0v) is 8.72. The van der Waals surface area contributed by atoms with Gasteiger partial charge in [-0.05, 0) is 6.07 Å². The van der Waals surface area contributed by atoms with E-state index in [2.05, 4.69) is 4.74 Å². The van der Waals surface area contributed by atoms with E-state index in [9.17, 15) is 14.9 Å². The van der Waals surface area contributed by atoms with Crippen molar-refractivity contribution in [1.29, 1.82) is 0 Å². The van der Waals surface area contributed by atoms with Crippen molar-refractivity contribution in [1.82, 2.24) is 0 Å². The number of hydrogen-bond donors (Lipinski definition) is 1. The van der Waals surface area contributed by atoms with E-state index in [-0.39, 0.29) is 17.0 Å². The first-order chi connectivity index (χ1) is 7.51. The Kier molecular flexibility index (Phi) is 3.29. The van der Waals surface area contributed by atoms with Crippen molar-refractivity contribution in [3.63, 3.8) is 0 Å². The number of ether oxygens (including phenoxy) is 2. The molecule has 7 nitrogen and oxygen atoms in total. The highest BCUT2D eigenvalue weighted by Crippen LogP contribution is 2.33. The van der Waals surface area contributed by atoms with E-state index in [1.807, 2.05) is 0 Å². The van der Waals surface area contributed by atoms with Crippen LogP contribution in [-0.4, -0.2) is 25.1 Å². The molecule has 0 bridgehead atoms. The van der Waals surface area contributed by atoms with Crippen LogP contribution in [0, 0.1) is 10.1 Å². The molecule has 7 heteroatoms. The summed E-state index contributed by atoms with van der Waals surface area (Å²) in [6.45, 7) is 0. The van der Waals surface area contributed by atoms with Gasteiger partial charge < -0.3 is 15.2 Å². The Labute approximate surface area is 90.9 Å². The average Bonchev–Trinajstić information content (AvgIpc) is 2.26. The molecule has 1 aromatic carbocycles. The second-order valence-corrected chi connectivity index (χ2v) is 2.87. The lowest BCUT2D eigenvalue weighted by Gasteiger charge is -2.06. The standard InChI is InChI=1S/C9H10N2O5/c1-15-7-4-5(10)3-6(9(12)16-2)8(7)11(13)14/h3-4H,10H2,1-2H3. The van der Waals surface area contributed by atoms with Crippen LogP contribution < -0.4 is 10.5 Å². The summed E-state index contributed by atoms with van der Waals surface area (Å²) in [4.78, 5) is 21.4. The quantitative estimate of drug-likeness (QED) is 0.356. The van der Waals surface area contributed by atoms with Crippen LogP contribution in [-0.2, 0) is 4.74 Å². The maximum absolute atomic E-state index is 11.3. The second kappa shape index (κ2) is 4.47. The summed E-state index contributed by atoms with van der Waals surface area (Å²) in [6, 6.07) is 2.44. The Balaban J connectivity index is 3.50. The number of hydrogen-bond acceptors (Lipinski definition) is 6. The Bertz CT molecular complexity index is 444. The lowest BCUT2D eigenvalue weighted by Crippen LogP contribution is -2.08. The van der Waals surface area contributed by atoms with E-state index in [1.165, 1.54) is 19.2 Å². The van der Waals surface area contributed by atoms with Crippen molar-refractivity contribution in [2.45, 2.75) is 0 Å². The minimum Gasteiger partial charge on any atom is -0.490 e. The molecule has 0 aliphatic rings. The van der Waals surface area contributed by atoms with E-state index in [1.54, 1.807) is 0 Å². The highest BCUT2D eigenvalue weighted by Gasteiger charge is 2.27. The van der Waals surface area contributed by atoms with Crippen molar-refractivity contribution in [3.8, 4) is 5.75 Å². The zero-order valence-electron chi connectivity index (χ0n) is 8.72. The molecule has 0 saturated carbocycles. The number of nitro groups is 1. The largest absolute Gasteiger partial charge is 0.490 e. The predicted octanol–water partition coefficient (Wildman–Crippen LogP) is 0.972. The first-order valence-corrected chi connectivity index (χ1v) is 4.21. The van der Waals surface area contributed by atoms with Gasteiger partial charge in [0.2, 0.25) is 0 Å². The fraction of sp³-hybridized carbons (Fsp3) is 0.222. The van der Waals surface area contributed by atoms with Gasteiger partial charge in [0, 0.05) is 11.8 Å².